The average Bonchev–Trinajstić information content (AvgIpc) is 2.71. The number of methoxy groups -OCH3 is 1. The Morgan fingerprint density at radius 1 is 1.14 bits per heavy atom. The second kappa shape index (κ2) is 11.1. The van der Waals surface area contributed by atoms with Crippen LogP contribution in [0.5, 0.6) is 11.5 Å². The summed E-state index contributed by atoms with van der Waals surface area (Å²) >= 11 is 0. The minimum Gasteiger partial charge on any atom is -0.497 e. The Kier molecular flexibility index (Phi) is 8.48. The molecule has 0 aliphatic carbocycles. The van der Waals surface area contributed by atoms with Crippen LogP contribution in [0.15, 0.2) is 53.5 Å². The monoisotopic (exact) mass is 393 g/mol. The zero-order valence-corrected chi connectivity index (χ0v) is 15.9. The number of aliphatic hydroxyl groups is 1. The molecule has 8 heteroatoms. The van der Waals surface area contributed by atoms with Crippen molar-refractivity contribution in [1.82, 2.24) is 10.6 Å². The topological polar surface area (TPSA) is 75.1 Å². The fraction of sp³-hybridized carbons (Fsp3) is 0.350. The van der Waals surface area contributed by atoms with Crippen molar-refractivity contribution in [2.24, 2.45) is 4.99 Å². The highest BCUT2D eigenvalue weighted by Gasteiger charge is 2.13. The zero-order chi connectivity index (χ0) is 20.4. The van der Waals surface area contributed by atoms with E-state index in [0.717, 1.165) is 5.56 Å². The van der Waals surface area contributed by atoms with Crippen molar-refractivity contribution in [2.75, 3.05) is 27.3 Å². The van der Waals surface area contributed by atoms with Gasteiger partial charge in [0.15, 0.2) is 5.96 Å². The number of aliphatic imine (C=N–C) groups is 1. The lowest BCUT2D eigenvalue weighted by molar-refractivity contribution is -0.0505. The average molecular weight is 393 g/mol. The van der Waals surface area contributed by atoms with E-state index in [-0.39, 0.29) is 24.8 Å². The summed E-state index contributed by atoms with van der Waals surface area (Å²) in [4.78, 5) is 4.13. The van der Waals surface area contributed by atoms with Gasteiger partial charge in [-0.15, -0.1) is 0 Å². The number of benzene rings is 2. The smallest absolute Gasteiger partial charge is 0.387 e. The van der Waals surface area contributed by atoms with Crippen LogP contribution < -0.4 is 20.1 Å². The lowest BCUT2D eigenvalue weighted by Gasteiger charge is -2.19. The number of rotatable bonds is 9. The molecule has 2 aromatic rings. The number of ether oxygens (including phenoxy) is 2. The Bertz CT molecular complexity index is 758. The van der Waals surface area contributed by atoms with Crippen molar-refractivity contribution in [3.63, 3.8) is 0 Å². The Morgan fingerprint density at radius 3 is 2.50 bits per heavy atom. The van der Waals surface area contributed by atoms with Gasteiger partial charge in [-0.05, 0) is 17.7 Å². The summed E-state index contributed by atoms with van der Waals surface area (Å²) in [7, 11) is 3.06. The summed E-state index contributed by atoms with van der Waals surface area (Å²) in [6.45, 7) is -2.26. The van der Waals surface area contributed by atoms with Crippen molar-refractivity contribution < 1.29 is 23.4 Å². The van der Waals surface area contributed by atoms with Crippen LogP contribution in [-0.4, -0.2) is 45.0 Å². The predicted octanol–water partition coefficient (Wildman–Crippen LogP) is 2.74. The molecule has 3 N–H and O–H groups in total. The normalized spacial score (nSPS) is 12.6. The molecule has 0 aromatic heterocycles. The highest BCUT2D eigenvalue weighted by Crippen LogP contribution is 2.26. The van der Waals surface area contributed by atoms with Gasteiger partial charge in [0.2, 0.25) is 0 Å². The molecule has 0 fully saturated rings. The van der Waals surface area contributed by atoms with E-state index in [2.05, 4.69) is 20.4 Å². The van der Waals surface area contributed by atoms with Crippen molar-refractivity contribution in [3.8, 4) is 11.5 Å². The fourth-order valence-corrected chi connectivity index (χ4v) is 2.65. The van der Waals surface area contributed by atoms with Crippen molar-refractivity contribution in [2.45, 2.75) is 19.1 Å². The van der Waals surface area contributed by atoms with E-state index in [1.165, 1.54) is 13.2 Å². The summed E-state index contributed by atoms with van der Waals surface area (Å²) in [5.74, 6) is 0.844. The Labute approximate surface area is 163 Å². The number of halogens is 2. The summed E-state index contributed by atoms with van der Waals surface area (Å²) < 4.78 is 35.0. The van der Waals surface area contributed by atoms with E-state index < -0.39 is 6.61 Å². The van der Waals surface area contributed by atoms with Gasteiger partial charge in [-0.3, -0.25) is 4.99 Å². The first-order valence-corrected chi connectivity index (χ1v) is 8.79. The number of hydrogen-bond acceptors (Lipinski definition) is 4. The maximum Gasteiger partial charge on any atom is 0.387 e. The third kappa shape index (κ3) is 6.38. The molecular weight excluding hydrogens is 368 g/mol. The van der Waals surface area contributed by atoms with Gasteiger partial charge in [-0.25, -0.2) is 0 Å². The van der Waals surface area contributed by atoms with Crippen LogP contribution >= 0.6 is 0 Å². The minimum atomic E-state index is -2.93. The van der Waals surface area contributed by atoms with Crippen LogP contribution in [0.3, 0.4) is 0 Å². The molecule has 0 aliphatic heterocycles. The van der Waals surface area contributed by atoms with Crippen molar-refractivity contribution in [1.29, 1.82) is 0 Å². The van der Waals surface area contributed by atoms with Gasteiger partial charge in [0.1, 0.15) is 11.5 Å². The maximum absolute atomic E-state index is 12.7. The second-order valence-electron chi connectivity index (χ2n) is 5.95. The van der Waals surface area contributed by atoms with E-state index in [9.17, 15) is 13.9 Å². The molecule has 1 atom stereocenters. The van der Waals surface area contributed by atoms with Crippen LogP contribution in [0.2, 0.25) is 0 Å². The molecular formula is C20H25F2N3O3. The van der Waals surface area contributed by atoms with Gasteiger partial charge in [0.05, 0.1) is 13.7 Å². The van der Waals surface area contributed by atoms with Crippen LogP contribution in [0.25, 0.3) is 0 Å². The van der Waals surface area contributed by atoms with Gasteiger partial charge in [0.25, 0.3) is 0 Å². The molecule has 0 radical (unpaired) electrons. The lowest BCUT2D eigenvalue weighted by Crippen LogP contribution is -2.39. The molecule has 6 nitrogen and oxygen atoms in total. The van der Waals surface area contributed by atoms with Gasteiger partial charge < -0.3 is 25.2 Å². The Hall–Kier alpha value is -2.87. The molecule has 0 saturated heterocycles. The number of nitrogens with one attached hydrogen (secondary N) is 2. The first-order valence-electron chi connectivity index (χ1n) is 8.79. The number of aliphatic hydroxyl groups excluding tert-OH is 1. The SMILES string of the molecule is CN=C(NCc1ccc(OC)cc1OC(F)F)NCC(CO)c1ccccc1. The maximum atomic E-state index is 12.7. The molecule has 0 heterocycles. The number of guanidine groups is 1. The van der Waals surface area contributed by atoms with E-state index in [1.54, 1.807) is 19.2 Å². The quantitative estimate of drug-likeness (QED) is 0.451. The first kappa shape index (κ1) is 21.4. The summed E-state index contributed by atoms with van der Waals surface area (Å²) in [5.41, 5.74) is 1.54. The summed E-state index contributed by atoms with van der Waals surface area (Å²) in [6.07, 6.45) is 0. The molecule has 2 aromatic carbocycles. The van der Waals surface area contributed by atoms with E-state index in [1.807, 2.05) is 30.3 Å². The van der Waals surface area contributed by atoms with Crippen LogP contribution in [-0.2, 0) is 6.54 Å². The Balaban J connectivity index is 1.98. The fourth-order valence-electron chi connectivity index (χ4n) is 2.65. The molecule has 0 saturated carbocycles. The zero-order valence-electron chi connectivity index (χ0n) is 15.9. The highest BCUT2D eigenvalue weighted by molar-refractivity contribution is 5.79. The van der Waals surface area contributed by atoms with E-state index in [0.29, 0.717) is 23.8 Å². The van der Waals surface area contributed by atoms with Gasteiger partial charge >= 0.3 is 6.61 Å². The second-order valence-corrected chi connectivity index (χ2v) is 5.95. The van der Waals surface area contributed by atoms with E-state index >= 15 is 0 Å². The number of hydrogen-bond donors (Lipinski definition) is 3. The van der Waals surface area contributed by atoms with Crippen molar-refractivity contribution >= 4 is 5.96 Å². The molecule has 0 spiro atoms. The number of alkyl halides is 2. The van der Waals surface area contributed by atoms with Gasteiger partial charge in [0, 0.05) is 37.7 Å². The van der Waals surface area contributed by atoms with Gasteiger partial charge in [-0.1, -0.05) is 30.3 Å². The molecule has 2 rings (SSSR count). The molecule has 1 unspecified atom stereocenters. The lowest BCUT2D eigenvalue weighted by atomic mass is 10.0. The van der Waals surface area contributed by atoms with Crippen LogP contribution in [0.4, 0.5) is 8.78 Å². The third-order valence-corrected chi connectivity index (χ3v) is 4.17. The minimum absolute atomic E-state index is 0.0150. The van der Waals surface area contributed by atoms with Gasteiger partial charge in [-0.2, -0.15) is 8.78 Å². The highest BCUT2D eigenvalue weighted by atomic mass is 19.3. The van der Waals surface area contributed by atoms with Crippen LogP contribution in [0, 0.1) is 0 Å². The Morgan fingerprint density at radius 2 is 1.89 bits per heavy atom. The van der Waals surface area contributed by atoms with E-state index in [4.69, 9.17) is 4.74 Å². The summed E-state index contributed by atoms with van der Waals surface area (Å²) in [5, 5.41) is 15.8. The predicted molar refractivity (Wildman–Crippen MR) is 104 cm³/mol. The molecule has 28 heavy (non-hydrogen) atoms. The largest absolute Gasteiger partial charge is 0.497 e. The van der Waals surface area contributed by atoms with Crippen molar-refractivity contribution in [3.05, 3.63) is 59.7 Å². The first-order chi connectivity index (χ1) is 13.6. The number of nitrogens with zero attached hydrogens (tertiary/aromatic N) is 1. The summed E-state index contributed by atoms with van der Waals surface area (Å²) in [6, 6.07) is 14.4. The molecule has 0 amide bonds. The third-order valence-electron chi connectivity index (χ3n) is 4.17. The molecule has 0 bridgehead atoms. The van der Waals surface area contributed by atoms with Crippen LogP contribution in [0.1, 0.15) is 17.0 Å². The standard InChI is InChI=1S/C20H25F2N3O3/c1-23-20(25-12-16(13-26)14-6-4-3-5-7-14)24-11-15-8-9-17(27-2)10-18(15)28-19(21)22/h3-10,16,19,26H,11-13H2,1-2H3,(H2,23,24,25). The molecule has 0 aliphatic rings. The molecule has 152 valence electrons.